The van der Waals surface area contributed by atoms with Gasteiger partial charge in [0.15, 0.2) is 10.8 Å². The molecule has 1 aromatic carbocycles. The molecule has 0 atom stereocenters. The SMILES string of the molecule is CC(C)CNc1nc(SC(C)C)nc2c1cnn2CCNC(=O)CCCc1ccccc1. The summed E-state index contributed by atoms with van der Waals surface area (Å²) in [5, 5.41) is 13.0. The Labute approximate surface area is 194 Å². The summed E-state index contributed by atoms with van der Waals surface area (Å²) in [6, 6.07) is 10.3. The lowest BCUT2D eigenvalue weighted by molar-refractivity contribution is -0.121. The molecule has 0 fully saturated rings. The van der Waals surface area contributed by atoms with Gasteiger partial charge in [0.25, 0.3) is 0 Å². The predicted molar refractivity (Wildman–Crippen MR) is 132 cm³/mol. The van der Waals surface area contributed by atoms with Crippen molar-refractivity contribution < 1.29 is 4.79 Å². The van der Waals surface area contributed by atoms with Crippen LogP contribution >= 0.6 is 11.8 Å². The molecule has 2 N–H and O–H groups in total. The quantitative estimate of drug-likeness (QED) is 0.309. The van der Waals surface area contributed by atoms with Crippen LogP contribution in [0.2, 0.25) is 0 Å². The van der Waals surface area contributed by atoms with E-state index in [-0.39, 0.29) is 5.91 Å². The molecule has 0 aliphatic carbocycles. The minimum absolute atomic E-state index is 0.0716. The Morgan fingerprint density at radius 2 is 1.91 bits per heavy atom. The number of aryl methyl sites for hydroxylation is 1. The Hall–Kier alpha value is -2.61. The van der Waals surface area contributed by atoms with Gasteiger partial charge in [0.2, 0.25) is 5.91 Å². The molecule has 32 heavy (non-hydrogen) atoms. The van der Waals surface area contributed by atoms with Crippen molar-refractivity contribution in [3.63, 3.8) is 0 Å². The van der Waals surface area contributed by atoms with Crippen molar-refractivity contribution in [1.29, 1.82) is 0 Å². The van der Waals surface area contributed by atoms with Crippen LogP contribution < -0.4 is 10.6 Å². The van der Waals surface area contributed by atoms with Crippen molar-refractivity contribution >= 4 is 34.5 Å². The number of nitrogens with one attached hydrogen (secondary N) is 2. The van der Waals surface area contributed by atoms with E-state index in [4.69, 9.17) is 9.97 Å². The molecular formula is C24H34N6OS. The zero-order valence-electron chi connectivity index (χ0n) is 19.5. The highest BCUT2D eigenvalue weighted by Crippen LogP contribution is 2.26. The summed E-state index contributed by atoms with van der Waals surface area (Å²) in [4.78, 5) is 21.7. The van der Waals surface area contributed by atoms with E-state index >= 15 is 0 Å². The highest BCUT2D eigenvalue weighted by Gasteiger charge is 2.14. The number of aromatic nitrogens is 4. The number of fused-ring (bicyclic) bond motifs is 1. The monoisotopic (exact) mass is 454 g/mol. The molecule has 0 aliphatic heterocycles. The minimum Gasteiger partial charge on any atom is -0.369 e. The maximum atomic E-state index is 12.2. The van der Waals surface area contributed by atoms with E-state index in [2.05, 4.69) is 55.6 Å². The van der Waals surface area contributed by atoms with E-state index in [1.54, 1.807) is 11.8 Å². The maximum absolute atomic E-state index is 12.2. The smallest absolute Gasteiger partial charge is 0.220 e. The number of thioether (sulfide) groups is 1. The van der Waals surface area contributed by atoms with Crippen LogP contribution in [-0.2, 0) is 17.8 Å². The molecule has 7 nitrogen and oxygen atoms in total. The lowest BCUT2D eigenvalue weighted by Gasteiger charge is -2.12. The standard InChI is InChI=1S/C24H34N6OS/c1-17(2)15-26-22-20-16-27-30(23(20)29-24(28-22)32-18(3)4)14-13-25-21(31)12-8-11-19-9-6-5-7-10-19/h5-7,9-10,16-18H,8,11-15H2,1-4H3,(H,25,31)(H,26,28,29). The van der Waals surface area contributed by atoms with Crippen LogP contribution in [-0.4, -0.2) is 44.0 Å². The first-order chi connectivity index (χ1) is 15.4. The molecule has 8 heteroatoms. The first-order valence-corrected chi connectivity index (χ1v) is 12.2. The zero-order chi connectivity index (χ0) is 22.9. The lowest BCUT2D eigenvalue weighted by Crippen LogP contribution is -2.27. The molecule has 0 radical (unpaired) electrons. The van der Waals surface area contributed by atoms with Gasteiger partial charge in [0, 0.05) is 24.8 Å². The topological polar surface area (TPSA) is 84.7 Å². The average Bonchev–Trinajstić information content (AvgIpc) is 3.15. The van der Waals surface area contributed by atoms with Gasteiger partial charge in [-0.2, -0.15) is 5.10 Å². The molecule has 3 rings (SSSR count). The normalized spacial score (nSPS) is 11.4. The Morgan fingerprint density at radius 1 is 1.12 bits per heavy atom. The fourth-order valence-electron chi connectivity index (χ4n) is 3.29. The summed E-state index contributed by atoms with van der Waals surface area (Å²) in [5.74, 6) is 1.40. The number of anilines is 1. The molecule has 172 valence electrons. The fourth-order valence-corrected chi connectivity index (χ4v) is 3.99. The summed E-state index contributed by atoms with van der Waals surface area (Å²) >= 11 is 1.64. The Balaban J connectivity index is 1.58. The molecule has 0 aliphatic rings. The number of hydrogen-bond donors (Lipinski definition) is 2. The van der Waals surface area contributed by atoms with E-state index in [0.717, 1.165) is 41.4 Å². The van der Waals surface area contributed by atoms with E-state index < -0.39 is 0 Å². The number of rotatable bonds is 12. The van der Waals surface area contributed by atoms with E-state index in [9.17, 15) is 4.79 Å². The third-order valence-corrected chi connectivity index (χ3v) is 5.72. The molecule has 0 spiro atoms. The van der Waals surface area contributed by atoms with Gasteiger partial charge >= 0.3 is 0 Å². The summed E-state index contributed by atoms with van der Waals surface area (Å²) in [6.45, 7) is 10.5. The van der Waals surface area contributed by atoms with E-state index in [0.29, 0.717) is 30.7 Å². The second-order valence-electron chi connectivity index (χ2n) is 8.59. The number of carbonyl (C=O) groups is 1. The van der Waals surface area contributed by atoms with Crippen molar-refractivity contribution in [3.8, 4) is 0 Å². The van der Waals surface area contributed by atoms with Crippen LogP contribution in [0.15, 0.2) is 41.7 Å². The first kappa shape index (κ1) is 24.0. The Morgan fingerprint density at radius 3 is 2.62 bits per heavy atom. The molecule has 1 amide bonds. The highest BCUT2D eigenvalue weighted by molar-refractivity contribution is 7.99. The van der Waals surface area contributed by atoms with Crippen LogP contribution in [0.3, 0.4) is 0 Å². The molecule has 0 saturated heterocycles. The zero-order valence-corrected chi connectivity index (χ0v) is 20.3. The van der Waals surface area contributed by atoms with Gasteiger partial charge in [0.1, 0.15) is 5.82 Å². The van der Waals surface area contributed by atoms with Gasteiger partial charge in [-0.15, -0.1) is 0 Å². The van der Waals surface area contributed by atoms with Crippen LogP contribution in [0.25, 0.3) is 11.0 Å². The fraction of sp³-hybridized carbons (Fsp3) is 0.500. The number of carbonyl (C=O) groups excluding carboxylic acids is 1. The maximum Gasteiger partial charge on any atom is 0.220 e. The minimum atomic E-state index is 0.0716. The van der Waals surface area contributed by atoms with Gasteiger partial charge in [-0.05, 0) is 24.3 Å². The van der Waals surface area contributed by atoms with Gasteiger partial charge in [-0.1, -0.05) is 69.8 Å². The predicted octanol–water partition coefficient (Wildman–Crippen LogP) is 4.53. The van der Waals surface area contributed by atoms with E-state index in [1.165, 1.54) is 5.56 Å². The van der Waals surface area contributed by atoms with Crippen LogP contribution in [0.1, 0.15) is 46.1 Å². The number of amides is 1. The van der Waals surface area contributed by atoms with Gasteiger partial charge in [-0.25, -0.2) is 14.6 Å². The number of benzene rings is 1. The largest absolute Gasteiger partial charge is 0.369 e. The van der Waals surface area contributed by atoms with Crippen molar-refractivity contribution in [2.45, 2.75) is 63.9 Å². The number of nitrogens with zero attached hydrogens (tertiary/aromatic N) is 4. The Bertz CT molecular complexity index is 1000. The second-order valence-corrected chi connectivity index (χ2v) is 10.1. The average molecular weight is 455 g/mol. The van der Waals surface area contributed by atoms with Crippen molar-refractivity contribution in [1.82, 2.24) is 25.1 Å². The molecular weight excluding hydrogens is 420 g/mol. The van der Waals surface area contributed by atoms with Crippen LogP contribution in [0.5, 0.6) is 0 Å². The van der Waals surface area contributed by atoms with Crippen molar-refractivity contribution in [2.24, 2.45) is 5.92 Å². The van der Waals surface area contributed by atoms with Crippen molar-refractivity contribution in [3.05, 3.63) is 42.1 Å². The molecule has 2 heterocycles. The summed E-state index contributed by atoms with van der Waals surface area (Å²) in [5.41, 5.74) is 2.06. The third kappa shape index (κ3) is 7.22. The van der Waals surface area contributed by atoms with E-state index in [1.807, 2.05) is 29.1 Å². The third-order valence-electron chi connectivity index (χ3n) is 4.85. The van der Waals surface area contributed by atoms with Crippen LogP contribution in [0, 0.1) is 5.92 Å². The summed E-state index contributed by atoms with van der Waals surface area (Å²) < 4.78 is 1.85. The highest BCUT2D eigenvalue weighted by atomic mass is 32.2. The second kappa shape index (κ2) is 11.9. The Kier molecular flexibility index (Phi) is 8.90. The van der Waals surface area contributed by atoms with Crippen LogP contribution in [0.4, 0.5) is 5.82 Å². The van der Waals surface area contributed by atoms with Gasteiger partial charge in [-0.3, -0.25) is 4.79 Å². The first-order valence-electron chi connectivity index (χ1n) is 11.4. The summed E-state index contributed by atoms with van der Waals surface area (Å²) in [7, 11) is 0. The molecule has 0 bridgehead atoms. The lowest BCUT2D eigenvalue weighted by atomic mass is 10.1. The number of hydrogen-bond acceptors (Lipinski definition) is 6. The molecule has 3 aromatic rings. The molecule has 0 saturated carbocycles. The van der Waals surface area contributed by atoms with Gasteiger partial charge < -0.3 is 10.6 Å². The molecule has 2 aromatic heterocycles. The van der Waals surface area contributed by atoms with Crippen molar-refractivity contribution in [2.75, 3.05) is 18.4 Å². The summed E-state index contributed by atoms with van der Waals surface area (Å²) in [6.07, 6.45) is 4.09. The van der Waals surface area contributed by atoms with Gasteiger partial charge in [0.05, 0.1) is 18.1 Å². The molecule has 0 unspecified atom stereocenters.